The van der Waals surface area contributed by atoms with Crippen LogP contribution in [0, 0.1) is 0 Å². The first kappa shape index (κ1) is 17.3. The quantitative estimate of drug-likeness (QED) is 0.525. The highest BCUT2D eigenvalue weighted by Crippen LogP contribution is 1.99. The molecule has 0 bridgehead atoms. The van der Waals surface area contributed by atoms with Gasteiger partial charge in [0.15, 0.2) is 0 Å². The van der Waals surface area contributed by atoms with Gasteiger partial charge in [-0.25, -0.2) is 0 Å². The van der Waals surface area contributed by atoms with E-state index in [-0.39, 0.29) is 12.4 Å². The fourth-order valence-corrected chi connectivity index (χ4v) is 1.51. The van der Waals surface area contributed by atoms with Gasteiger partial charge in [-0.2, -0.15) is 0 Å². The Balaban J connectivity index is 3.99. The number of methoxy groups -OCH3 is 2. The number of carbonyl (C=O) groups is 1. The minimum Gasteiger partial charge on any atom is -0.466 e. The molecule has 0 aromatic rings. The maximum Gasteiger partial charge on any atom is 0.308 e. The molecule has 0 saturated carbocycles. The number of esters is 1. The van der Waals surface area contributed by atoms with E-state index in [1.165, 1.54) is 0 Å². The average Bonchev–Trinajstić information content (AvgIpc) is 2.32. The van der Waals surface area contributed by atoms with Crippen LogP contribution in [-0.4, -0.2) is 75.8 Å². The second kappa shape index (κ2) is 11.4. The van der Waals surface area contributed by atoms with Crippen LogP contribution in [0.25, 0.3) is 0 Å². The summed E-state index contributed by atoms with van der Waals surface area (Å²) >= 11 is 0. The van der Waals surface area contributed by atoms with Crippen molar-refractivity contribution in [2.24, 2.45) is 0 Å². The van der Waals surface area contributed by atoms with Gasteiger partial charge in [0.1, 0.15) is 0 Å². The molecule has 18 heavy (non-hydrogen) atoms. The predicted octanol–water partition coefficient (Wildman–Crippen LogP) is -0.105. The Morgan fingerprint density at radius 3 is 2.22 bits per heavy atom. The molecule has 0 aromatic carbocycles. The zero-order valence-corrected chi connectivity index (χ0v) is 11.6. The Morgan fingerprint density at radius 1 is 1.22 bits per heavy atom. The van der Waals surface area contributed by atoms with E-state index in [1.807, 2.05) is 4.90 Å². The van der Waals surface area contributed by atoms with Crippen molar-refractivity contribution in [3.05, 3.63) is 0 Å². The van der Waals surface area contributed by atoms with Gasteiger partial charge in [0, 0.05) is 33.9 Å². The Hall–Kier alpha value is -0.690. The predicted molar refractivity (Wildman–Crippen MR) is 67.4 cm³/mol. The fraction of sp³-hybridized carbons (Fsp3) is 0.917. The molecule has 1 unspecified atom stereocenters. The van der Waals surface area contributed by atoms with Crippen molar-refractivity contribution >= 4 is 5.97 Å². The first-order chi connectivity index (χ1) is 8.63. The molecular formula is C12H25NO5. The minimum atomic E-state index is -0.724. The van der Waals surface area contributed by atoms with Gasteiger partial charge in [0.2, 0.25) is 0 Å². The zero-order valence-electron chi connectivity index (χ0n) is 11.6. The monoisotopic (exact) mass is 263 g/mol. The van der Waals surface area contributed by atoms with Crippen molar-refractivity contribution in [1.29, 1.82) is 0 Å². The summed E-state index contributed by atoms with van der Waals surface area (Å²) in [4.78, 5) is 13.2. The third kappa shape index (κ3) is 9.35. The number of hydrogen-bond donors (Lipinski definition) is 1. The highest BCUT2D eigenvalue weighted by molar-refractivity contribution is 5.69. The number of rotatable bonds is 11. The molecule has 0 aliphatic rings. The summed E-state index contributed by atoms with van der Waals surface area (Å²) in [6.45, 7) is 5.03. The fourth-order valence-electron chi connectivity index (χ4n) is 1.51. The van der Waals surface area contributed by atoms with Gasteiger partial charge in [-0.3, -0.25) is 9.69 Å². The van der Waals surface area contributed by atoms with Crippen molar-refractivity contribution in [3.8, 4) is 0 Å². The Morgan fingerprint density at radius 2 is 1.78 bits per heavy atom. The Labute approximate surface area is 109 Å². The maximum atomic E-state index is 11.2. The van der Waals surface area contributed by atoms with Crippen molar-refractivity contribution in [3.63, 3.8) is 0 Å². The van der Waals surface area contributed by atoms with Crippen molar-refractivity contribution in [1.82, 2.24) is 4.90 Å². The molecular weight excluding hydrogens is 238 g/mol. The molecule has 0 radical (unpaired) electrons. The third-order valence-electron chi connectivity index (χ3n) is 2.40. The molecule has 0 aromatic heterocycles. The number of hydrogen-bond acceptors (Lipinski definition) is 6. The van der Waals surface area contributed by atoms with Gasteiger partial charge in [-0.15, -0.1) is 0 Å². The summed E-state index contributed by atoms with van der Waals surface area (Å²) in [5.74, 6) is -0.372. The molecule has 6 heteroatoms. The molecule has 0 aliphatic heterocycles. The highest BCUT2D eigenvalue weighted by Gasteiger charge is 2.15. The van der Waals surface area contributed by atoms with Crippen LogP contribution in [0.1, 0.15) is 13.3 Å². The van der Waals surface area contributed by atoms with Gasteiger partial charge >= 0.3 is 5.97 Å². The van der Waals surface area contributed by atoms with Crippen LogP contribution in [0.2, 0.25) is 0 Å². The number of ether oxygens (including phenoxy) is 3. The van der Waals surface area contributed by atoms with Crippen LogP contribution in [0.15, 0.2) is 0 Å². The molecule has 0 spiro atoms. The standard InChI is InChI=1S/C12H25NO5/c1-4-18-12(15)9-11(14)10-13(5-7-16-2)6-8-17-3/h11,14H,4-10H2,1-3H3. The lowest BCUT2D eigenvalue weighted by Gasteiger charge is -2.24. The van der Waals surface area contributed by atoms with Crippen LogP contribution in [0.4, 0.5) is 0 Å². The second-order valence-electron chi connectivity index (χ2n) is 3.95. The lowest BCUT2D eigenvalue weighted by atomic mass is 10.2. The average molecular weight is 263 g/mol. The van der Waals surface area contributed by atoms with Crippen LogP contribution in [0.5, 0.6) is 0 Å². The molecule has 0 rings (SSSR count). The Bertz CT molecular complexity index is 205. The highest BCUT2D eigenvalue weighted by atomic mass is 16.5. The molecule has 0 amide bonds. The molecule has 108 valence electrons. The van der Waals surface area contributed by atoms with Crippen molar-refractivity contribution in [2.75, 3.05) is 53.7 Å². The van der Waals surface area contributed by atoms with Gasteiger partial charge in [-0.1, -0.05) is 0 Å². The topological polar surface area (TPSA) is 68.2 Å². The number of nitrogens with zero attached hydrogens (tertiary/aromatic N) is 1. The molecule has 0 fully saturated rings. The first-order valence-corrected chi connectivity index (χ1v) is 6.17. The summed E-state index contributed by atoms with van der Waals surface area (Å²) in [5.41, 5.74) is 0. The SMILES string of the molecule is CCOC(=O)CC(O)CN(CCOC)CCOC. The second-order valence-corrected chi connectivity index (χ2v) is 3.95. The molecule has 1 atom stereocenters. The molecule has 0 heterocycles. The van der Waals surface area contributed by atoms with Gasteiger partial charge in [0.25, 0.3) is 0 Å². The lowest BCUT2D eigenvalue weighted by molar-refractivity contribution is -0.145. The summed E-state index contributed by atoms with van der Waals surface area (Å²) in [6, 6.07) is 0. The maximum absolute atomic E-state index is 11.2. The van der Waals surface area contributed by atoms with E-state index in [9.17, 15) is 9.90 Å². The Kier molecular flexibility index (Phi) is 11.0. The van der Waals surface area contributed by atoms with E-state index >= 15 is 0 Å². The lowest BCUT2D eigenvalue weighted by Crippen LogP contribution is -2.38. The smallest absolute Gasteiger partial charge is 0.308 e. The van der Waals surface area contributed by atoms with Crippen molar-refractivity contribution < 1.29 is 24.1 Å². The molecule has 1 N–H and O–H groups in total. The van der Waals surface area contributed by atoms with Crippen LogP contribution in [-0.2, 0) is 19.0 Å². The molecule has 6 nitrogen and oxygen atoms in total. The summed E-state index contributed by atoms with van der Waals surface area (Å²) in [6.07, 6.45) is -0.706. The number of aliphatic hydroxyl groups excluding tert-OH is 1. The van der Waals surface area contributed by atoms with E-state index in [1.54, 1.807) is 21.1 Å². The first-order valence-electron chi connectivity index (χ1n) is 6.17. The summed E-state index contributed by atoms with van der Waals surface area (Å²) < 4.78 is 14.8. The van der Waals surface area contributed by atoms with E-state index in [2.05, 4.69) is 0 Å². The third-order valence-corrected chi connectivity index (χ3v) is 2.40. The summed E-state index contributed by atoms with van der Waals surface area (Å²) in [7, 11) is 3.26. The van der Waals surface area contributed by atoms with Crippen molar-refractivity contribution in [2.45, 2.75) is 19.4 Å². The zero-order chi connectivity index (χ0) is 13.8. The largest absolute Gasteiger partial charge is 0.466 e. The normalized spacial score (nSPS) is 12.7. The van der Waals surface area contributed by atoms with Gasteiger partial charge in [-0.05, 0) is 6.92 Å². The molecule has 0 saturated heterocycles. The molecule has 0 aliphatic carbocycles. The van der Waals surface area contributed by atoms with Gasteiger partial charge < -0.3 is 19.3 Å². The van der Waals surface area contributed by atoms with Crippen LogP contribution >= 0.6 is 0 Å². The number of carbonyl (C=O) groups excluding carboxylic acids is 1. The number of aliphatic hydroxyl groups is 1. The minimum absolute atomic E-state index is 0.0182. The summed E-state index contributed by atoms with van der Waals surface area (Å²) in [5, 5.41) is 9.79. The van der Waals surface area contributed by atoms with E-state index in [4.69, 9.17) is 14.2 Å². The van der Waals surface area contributed by atoms with E-state index in [0.717, 1.165) is 0 Å². The van der Waals surface area contributed by atoms with E-state index in [0.29, 0.717) is 39.5 Å². The van der Waals surface area contributed by atoms with Crippen LogP contribution in [0.3, 0.4) is 0 Å². The van der Waals surface area contributed by atoms with E-state index < -0.39 is 6.10 Å². The van der Waals surface area contributed by atoms with Gasteiger partial charge in [0.05, 0.1) is 32.3 Å². The van der Waals surface area contributed by atoms with Crippen LogP contribution < -0.4 is 0 Å².